The lowest BCUT2D eigenvalue weighted by atomic mass is 10.1. The summed E-state index contributed by atoms with van der Waals surface area (Å²) in [5.41, 5.74) is 1.11. The van der Waals surface area contributed by atoms with Gasteiger partial charge in [0.1, 0.15) is 5.82 Å². The second-order valence-corrected chi connectivity index (χ2v) is 5.52. The molecule has 2 aliphatic rings. The molecule has 6 nitrogen and oxygen atoms in total. The van der Waals surface area contributed by atoms with Gasteiger partial charge in [-0.15, -0.1) is 0 Å². The van der Waals surface area contributed by atoms with E-state index in [1.54, 1.807) is 0 Å². The number of hydrogen-bond acceptors (Lipinski definition) is 6. The van der Waals surface area contributed by atoms with Gasteiger partial charge >= 0.3 is 0 Å². The average molecular weight is 289 g/mol. The van der Waals surface area contributed by atoms with Gasteiger partial charge in [0.2, 0.25) is 5.95 Å². The van der Waals surface area contributed by atoms with E-state index in [1.807, 2.05) is 12.3 Å². The predicted octanol–water partition coefficient (Wildman–Crippen LogP) is 0.405. The lowest BCUT2D eigenvalue weighted by Crippen LogP contribution is -2.32. The van der Waals surface area contributed by atoms with Gasteiger partial charge in [-0.05, 0) is 31.0 Å². The van der Waals surface area contributed by atoms with Crippen molar-refractivity contribution in [1.29, 1.82) is 0 Å². The smallest absolute Gasteiger partial charge is 0.227 e. The molecule has 0 radical (unpaired) electrons. The fourth-order valence-electron chi connectivity index (χ4n) is 2.78. The first-order chi connectivity index (χ1) is 10.4. The van der Waals surface area contributed by atoms with Gasteiger partial charge in [-0.25, -0.2) is 4.98 Å². The highest BCUT2D eigenvalue weighted by atomic mass is 16.3. The monoisotopic (exact) mass is 289 g/mol. The Kier molecular flexibility index (Phi) is 4.67. The molecular weight excluding hydrogens is 266 g/mol. The van der Waals surface area contributed by atoms with Gasteiger partial charge in [0, 0.05) is 38.9 Å². The summed E-state index contributed by atoms with van der Waals surface area (Å²) < 4.78 is 0. The molecule has 0 unspecified atom stereocenters. The summed E-state index contributed by atoms with van der Waals surface area (Å²) >= 11 is 0. The zero-order valence-electron chi connectivity index (χ0n) is 12.3. The zero-order chi connectivity index (χ0) is 14.5. The molecule has 2 aliphatic heterocycles. The van der Waals surface area contributed by atoms with Crippen LogP contribution < -0.4 is 15.1 Å². The molecule has 21 heavy (non-hydrogen) atoms. The Balaban J connectivity index is 1.72. The minimum absolute atomic E-state index is 0.162. The molecule has 0 amide bonds. The third kappa shape index (κ3) is 3.51. The van der Waals surface area contributed by atoms with E-state index in [-0.39, 0.29) is 6.61 Å². The molecule has 1 saturated heterocycles. The topological polar surface area (TPSA) is 64.5 Å². The van der Waals surface area contributed by atoms with Crippen molar-refractivity contribution in [1.82, 2.24) is 15.3 Å². The Hall–Kier alpha value is -1.66. The summed E-state index contributed by atoms with van der Waals surface area (Å²) in [4.78, 5) is 13.6. The van der Waals surface area contributed by atoms with Crippen LogP contribution in [0.3, 0.4) is 0 Å². The maximum atomic E-state index is 9.16. The number of aromatic nitrogens is 2. The molecule has 1 fully saturated rings. The minimum Gasteiger partial charge on any atom is -0.392 e. The van der Waals surface area contributed by atoms with Crippen molar-refractivity contribution in [3.05, 3.63) is 23.9 Å². The average Bonchev–Trinajstić information content (AvgIpc) is 2.84. The second kappa shape index (κ2) is 6.87. The Morgan fingerprint density at radius 2 is 2.14 bits per heavy atom. The molecule has 2 N–H and O–H groups in total. The first kappa shape index (κ1) is 14.3. The maximum Gasteiger partial charge on any atom is 0.227 e. The van der Waals surface area contributed by atoms with E-state index in [9.17, 15) is 0 Å². The van der Waals surface area contributed by atoms with E-state index in [2.05, 4.69) is 26.2 Å². The molecular formula is C15H23N5O. The molecule has 3 rings (SSSR count). The molecule has 114 valence electrons. The van der Waals surface area contributed by atoms with Crippen LogP contribution in [0.1, 0.15) is 12.8 Å². The Morgan fingerprint density at radius 3 is 2.95 bits per heavy atom. The van der Waals surface area contributed by atoms with E-state index < -0.39 is 0 Å². The van der Waals surface area contributed by atoms with Crippen LogP contribution in [-0.4, -0.2) is 60.9 Å². The van der Waals surface area contributed by atoms with Crippen LogP contribution in [-0.2, 0) is 0 Å². The van der Waals surface area contributed by atoms with Crippen molar-refractivity contribution in [2.45, 2.75) is 12.8 Å². The van der Waals surface area contributed by atoms with Crippen molar-refractivity contribution in [3.8, 4) is 0 Å². The molecule has 1 aromatic heterocycles. The number of nitrogens with zero attached hydrogens (tertiary/aromatic N) is 4. The van der Waals surface area contributed by atoms with Gasteiger partial charge < -0.3 is 20.2 Å². The molecule has 0 aliphatic carbocycles. The van der Waals surface area contributed by atoms with E-state index in [0.717, 1.165) is 69.4 Å². The summed E-state index contributed by atoms with van der Waals surface area (Å²) in [6, 6.07) is 1.99. The minimum atomic E-state index is 0.162. The fraction of sp³-hybridized carbons (Fsp3) is 0.600. The van der Waals surface area contributed by atoms with Gasteiger partial charge in [-0.2, -0.15) is 4.98 Å². The zero-order valence-corrected chi connectivity index (χ0v) is 12.3. The normalized spacial score (nSPS) is 20.1. The molecule has 0 spiro atoms. The van der Waals surface area contributed by atoms with E-state index in [4.69, 9.17) is 10.1 Å². The van der Waals surface area contributed by atoms with Crippen LogP contribution in [0.25, 0.3) is 0 Å². The highest BCUT2D eigenvalue weighted by Gasteiger charge is 2.16. The van der Waals surface area contributed by atoms with Gasteiger partial charge in [-0.1, -0.05) is 6.08 Å². The summed E-state index contributed by atoms with van der Waals surface area (Å²) in [5.74, 6) is 1.80. The Bertz CT molecular complexity index is 497. The van der Waals surface area contributed by atoms with Crippen LogP contribution in [0.5, 0.6) is 0 Å². The van der Waals surface area contributed by atoms with Crippen LogP contribution in [0.4, 0.5) is 11.8 Å². The summed E-state index contributed by atoms with van der Waals surface area (Å²) in [7, 11) is 0. The van der Waals surface area contributed by atoms with Crippen molar-refractivity contribution < 1.29 is 5.11 Å². The van der Waals surface area contributed by atoms with Crippen LogP contribution in [0.2, 0.25) is 0 Å². The molecule has 0 saturated carbocycles. The molecule has 0 atom stereocenters. The maximum absolute atomic E-state index is 9.16. The summed E-state index contributed by atoms with van der Waals surface area (Å²) in [6.07, 6.45) is 5.96. The quantitative estimate of drug-likeness (QED) is 0.786. The fourth-order valence-corrected chi connectivity index (χ4v) is 2.78. The van der Waals surface area contributed by atoms with Gasteiger partial charge in [0.05, 0.1) is 6.61 Å². The molecule has 0 bridgehead atoms. The standard InChI is InChI=1S/C15H23N5O/c21-12-13-3-9-20(10-4-13)15-17-6-2-14(18-15)19-8-1-5-16-7-11-19/h2-3,6,16,21H,1,4-5,7-12H2. The van der Waals surface area contributed by atoms with Gasteiger partial charge in [0.25, 0.3) is 0 Å². The first-order valence-corrected chi connectivity index (χ1v) is 7.69. The van der Waals surface area contributed by atoms with Crippen molar-refractivity contribution in [3.63, 3.8) is 0 Å². The molecule has 3 heterocycles. The third-order valence-corrected chi connectivity index (χ3v) is 4.08. The highest BCUT2D eigenvalue weighted by Crippen LogP contribution is 2.19. The van der Waals surface area contributed by atoms with E-state index >= 15 is 0 Å². The highest BCUT2D eigenvalue weighted by molar-refractivity contribution is 5.45. The Labute approximate surface area is 125 Å². The van der Waals surface area contributed by atoms with Crippen LogP contribution >= 0.6 is 0 Å². The van der Waals surface area contributed by atoms with Gasteiger partial charge in [0.15, 0.2) is 0 Å². The first-order valence-electron chi connectivity index (χ1n) is 7.69. The molecule has 1 aromatic rings. The molecule has 6 heteroatoms. The number of hydrogen-bond donors (Lipinski definition) is 2. The van der Waals surface area contributed by atoms with Crippen LogP contribution in [0, 0.1) is 0 Å². The number of anilines is 2. The third-order valence-electron chi connectivity index (χ3n) is 4.08. The lowest BCUT2D eigenvalue weighted by Gasteiger charge is -2.27. The largest absolute Gasteiger partial charge is 0.392 e. The SMILES string of the molecule is OCC1=CCN(c2nccc(N3CCCNCC3)n2)CC1. The predicted molar refractivity (Wildman–Crippen MR) is 83.7 cm³/mol. The van der Waals surface area contributed by atoms with Gasteiger partial charge in [-0.3, -0.25) is 0 Å². The number of aliphatic hydroxyl groups is 1. The second-order valence-electron chi connectivity index (χ2n) is 5.52. The van der Waals surface area contributed by atoms with E-state index in [1.165, 1.54) is 0 Å². The van der Waals surface area contributed by atoms with Crippen molar-refractivity contribution >= 4 is 11.8 Å². The number of aliphatic hydroxyl groups excluding tert-OH is 1. The van der Waals surface area contributed by atoms with Crippen LogP contribution in [0.15, 0.2) is 23.9 Å². The Morgan fingerprint density at radius 1 is 1.19 bits per heavy atom. The summed E-state index contributed by atoms with van der Waals surface area (Å²) in [5, 5.41) is 12.6. The summed E-state index contributed by atoms with van der Waals surface area (Å²) in [6.45, 7) is 5.93. The lowest BCUT2D eigenvalue weighted by molar-refractivity contribution is 0.325. The molecule has 0 aromatic carbocycles. The number of nitrogens with one attached hydrogen (secondary N) is 1. The van der Waals surface area contributed by atoms with Crippen molar-refractivity contribution in [2.24, 2.45) is 0 Å². The number of rotatable bonds is 3. The van der Waals surface area contributed by atoms with E-state index in [0.29, 0.717) is 0 Å². The van der Waals surface area contributed by atoms with Crippen molar-refractivity contribution in [2.75, 3.05) is 55.7 Å².